The lowest BCUT2D eigenvalue weighted by Crippen LogP contribution is -2.39. The van der Waals surface area contributed by atoms with E-state index in [1.54, 1.807) is 12.1 Å². The third kappa shape index (κ3) is 2.67. The molecule has 3 amide bonds. The Balaban J connectivity index is 2.56. The lowest BCUT2D eigenvalue weighted by atomic mass is 10.3. The molecule has 6 nitrogen and oxygen atoms in total. The Kier molecular flexibility index (Phi) is 3.31. The van der Waals surface area contributed by atoms with Crippen molar-refractivity contribution in [1.82, 2.24) is 10.9 Å². The van der Waals surface area contributed by atoms with Crippen LogP contribution in [-0.2, 0) is 4.79 Å². The Morgan fingerprint density at radius 3 is 2.71 bits per heavy atom. The van der Waals surface area contributed by atoms with E-state index >= 15 is 0 Å². The minimum absolute atomic E-state index is 0.0475. The minimum Gasteiger partial charge on any atom is -0.506 e. The molecule has 6 heteroatoms. The number of carbonyl (C=O) groups excluding carboxylic acids is 2. The number of hydrazine groups is 1. The van der Waals surface area contributed by atoms with E-state index in [0.29, 0.717) is 6.41 Å². The summed E-state index contributed by atoms with van der Waals surface area (Å²) in [5, 5.41) is 11.6. The summed E-state index contributed by atoms with van der Waals surface area (Å²) in [6, 6.07) is 5.60. The van der Waals surface area contributed by atoms with Crippen LogP contribution in [0.25, 0.3) is 0 Å². The van der Waals surface area contributed by atoms with Gasteiger partial charge in [-0.1, -0.05) is 12.1 Å². The molecule has 0 saturated carbocycles. The van der Waals surface area contributed by atoms with Crippen molar-refractivity contribution >= 4 is 18.1 Å². The maximum Gasteiger partial charge on any atom is 0.338 e. The summed E-state index contributed by atoms with van der Waals surface area (Å²) in [6.07, 6.45) is 0.324. The minimum atomic E-state index is -0.640. The van der Waals surface area contributed by atoms with Crippen LogP contribution in [0.4, 0.5) is 10.5 Å². The lowest BCUT2D eigenvalue weighted by Gasteiger charge is -2.06. The van der Waals surface area contributed by atoms with Crippen molar-refractivity contribution in [2.75, 3.05) is 5.32 Å². The number of phenolic OH excluding ortho intramolecular Hbond substituents is 1. The van der Waals surface area contributed by atoms with Gasteiger partial charge in [-0.15, -0.1) is 0 Å². The fourth-order valence-corrected chi connectivity index (χ4v) is 0.828. The Bertz CT molecular complexity index is 340. The molecule has 0 atom stereocenters. The molecular formula is C8H9N3O3. The summed E-state index contributed by atoms with van der Waals surface area (Å²) >= 11 is 0. The predicted octanol–water partition coefficient (Wildman–Crippen LogP) is 0.175. The molecule has 0 aromatic heterocycles. The molecule has 14 heavy (non-hydrogen) atoms. The molecule has 0 radical (unpaired) electrons. The molecule has 74 valence electrons. The highest BCUT2D eigenvalue weighted by Crippen LogP contribution is 2.20. The number of hydrogen-bond acceptors (Lipinski definition) is 3. The highest BCUT2D eigenvalue weighted by molar-refractivity contribution is 5.90. The topological polar surface area (TPSA) is 90.5 Å². The molecule has 0 aliphatic rings. The monoisotopic (exact) mass is 195 g/mol. The van der Waals surface area contributed by atoms with Gasteiger partial charge in [-0.3, -0.25) is 10.2 Å². The number of rotatable bonds is 3. The average molecular weight is 195 g/mol. The second-order valence-electron chi connectivity index (χ2n) is 2.36. The molecule has 1 aromatic carbocycles. The zero-order chi connectivity index (χ0) is 10.4. The van der Waals surface area contributed by atoms with Crippen LogP contribution in [0.15, 0.2) is 24.3 Å². The van der Waals surface area contributed by atoms with Gasteiger partial charge in [0.25, 0.3) is 0 Å². The number of phenols is 1. The molecule has 0 unspecified atom stereocenters. The van der Waals surface area contributed by atoms with Gasteiger partial charge in [-0.25, -0.2) is 10.2 Å². The SMILES string of the molecule is O=CNNC(=O)Nc1ccccc1O. The molecule has 4 N–H and O–H groups in total. The highest BCUT2D eigenvalue weighted by atomic mass is 16.3. The number of hydrogen-bond donors (Lipinski definition) is 4. The first-order valence-corrected chi connectivity index (χ1v) is 3.78. The van der Waals surface area contributed by atoms with Gasteiger partial charge < -0.3 is 10.4 Å². The summed E-state index contributed by atoms with van der Waals surface area (Å²) in [6.45, 7) is 0. The van der Waals surface area contributed by atoms with Crippen molar-refractivity contribution in [3.05, 3.63) is 24.3 Å². The molecule has 0 heterocycles. The largest absolute Gasteiger partial charge is 0.506 e. The fraction of sp³-hybridized carbons (Fsp3) is 0. The zero-order valence-electron chi connectivity index (χ0n) is 7.15. The summed E-state index contributed by atoms with van der Waals surface area (Å²) in [5.74, 6) is -0.0475. The molecule has 0 spiro atoms. The summed E-state index contributed by atoms with van der Waals surface area (Å²) in [4.78, 5) is 20.8. The van der Waals surface area contributed by atoms with Gasteiger partial charge in [-0.2, -0.15) is 0 Å². The van der Waals surface area contributed by atoms with Gasteiger partial charge >= 0.3 is 6.03 Å². The number of urea groups is 1. The Morgan fingerprint density at radius 1 is 1.36 bits per heavy atom. The van der Waals surface area contributed by atoms with Crippen LogP contribution in [0.2, 0.25) is 0 Å². The zero-order valence-corrected chi connectivity index (χ0v) is 7.15. The van der Waals surface area contributed by atoms with Crippen LogP contribution < -0.4 is 16.2 Å². The van der Waals surface area contributed by atoms with E-state index in [1.807, 2.05) is 10.9 Å². The molecule has 1 rings (SSSR count). The van der Waals surface area contributed by atoms with E-state index in [1.165, 1.54) is 12.1 Å². The van der Waals surface area contributed by atoms with Gasteiger partial charge in [0.1, 0.15) is 5.75 Å². The summed E-state index contributed by atoms with van der Waals surface area (Å²) in [5.41, 5.74) is 4.25. The van der Waals surface area contributed by atoms with Gasteiger partial charge in [0.15, 0.2) is 0 Å². The number of aromatic hydroxyl groups is 1. The van der Waals surface area contributed by atoms with E-state index in [4.69, 9.17) is 0 Å². The number of para-hydroxylation sites is 2. The van der Waals surface area contributed by atoms with Crippen LogP contribution >= 0.6 is 0 Å². The van der Waals surface area contributed by atoms with E-state index in [-0.39, 0.29) is 11.4 Å². The third-order valence-corrected chi connectivity index (χ3v) is 1.40. The van der Waals surface area contributed by atoms with Crippen molar-refractivity contribution in [1.29, 1.82) is 0 Å². The van der Waals surface area contributed by atoms with Crippen LogP contribution in [0, 0.1) is 0 Å². The standard InChI is InChI=1S/C8H9N3O3/c12-5-9-11-8(14)10-6-3-1-2-4-7(6)13/h1-5,13H,(H,9,12)(H2,10,11,14). The van der Waals surface area contributed by atoms with Crippen molar-refractivity contribution in [3.63, 3.8) is 0 Å². The van der Waals surface area contributed by atoms with Crippen LogP contribution in [0.3, 0.4) is 0 Å². The first kappa shape index (κ1) is 9.85. The summed E-state index contributed by atoms with van der Waals surface area (Å²) in [7, 11) is 0. The normalized spacial score (nSPS) is 8.86. The molecule has 0 aliphatic heterocycles. The summed E-state index contributed by atoms with van der Waals surface area (Å²) < 4.78 is 0. The van der Waals surface area contributed by atoms with Crippen LogP contribution in [0.1, 0.15) is 0 Å². The lowest BCUT2D eigenvalue weighted by molar-refractivity contribution is -0.110. The average Bonchev–Trinajstić information content (AvgIpc) is 2.18. The van der Waals surface area contributed by atoms with Crippen molar-refractivity contribution in [2.45, 2.75) is 0 Å². The fourth-order valence-electron chi connectivity index (χ4n) is 0.828. The quantitative estimate of drug-likeness (QED) is 0.315. The second-order valence-corrected chi connectivity index (χ2v) is 2.36. The number of benzene rings is 1. The van der Waals surface area contributed by atoms with Crippen LogP contribution in [-0.4, -0.2) is 17.5 Å². The molecule has 0 fully saturated rings. The Labute approximate surface area is 79.9 Å². The molecule has 0 saturated heterocycles. The number of nitrogens with one attached hydrogen (secondary N) is 3. The van der Waals surface area contributed by atoms with Crippen molar-refractivity contribution in [2.24, 2.45) is 0 Å². The van der Waals surface area contributed by atoms with Crippen LogP contribution in [0.5, 0.6) is 5.75 Å². The number of anilines is 1. The number of carbonyl (C=O) groups is 2. The predicted molar refractivity (Wildman–Crippen MR) is 49.5 cm³/mol. The number of amides is 3. The Morgan fingerprint density at radius 2 is 2.07 bits per heavy atom. The third-order valence-electron chi connectivity index (χ3n) is 1.40. The smallest absolute Gasteiger partial charge is 0.338 e. The van der Waals surface area contributed by atoms with Crippen molar-refractivity contribution < 1.29 is 14.7 Å². The second kappa shape index (κ2) is 4.70. The highest BCUT2D eigenvalue weighted by Gasteiger charge is 2.03. The first-order valence-electron chi connectivity index (χ1n) is 3.78. The first-order chi connectivity index (χ1) is 6.74. The molecule has 0 aliphatic carbocycles. The van der Waals surface area contributed by atoms with E-state index in [9.17, 15) is 14.7 Å². The van der Waals surface area contributed by atoms with Gasteiger partial charge in [0.2, 0.25) is 6.41 Å². The van der Waals surface area contributed by atoms with E-state index in [0.717, 1.165) is 0 Å². The van der Waals surface area contributed by atoms with Crippen molar-refractivity contribution in [3.8, 4) is 5.75 Å². The Hall–Kier alpha value is -2.24. The molecule has 0 bridgehead atoms. The van der Waals surface area contributed by atoms with Gasteiger partial charge in [0.05, 0.1) is 5.69 Å². The maximum absolute atomic E-state index is 11.0. The van der Waals surface area contributed by atoms with Gasteiger partial charge in [0, 0.05) is 0 Å². The van der Waals surface area contributed by atoms with Gasteiger partial charge in [-0.05, 0) is 12.1 Å². The van der Waals surface area contributed by atoms with E-state index < -0.39 is 6.03 Å². The van der Waals surface area contributed by atoms with E-state index in [2.05, 4.69) is 5.32 Å². The maximum atomic E-state index is 11.0. The molecular weight excluding hydrogens is 186 g/mol. The molecule has 1 aromatic rings.